The van der Waals surface area contributed by atoms with Crippen molar-refractivity contribution in [2.24, 2.45) is 0 Å². The molecule has 0 aliphatic heterocycles. The summed E-state index contributed by atoms with van der Waals surface area (Å²) < 4.78 is 5.83. The monoisotopic (exact) mass is 435 g/mol. The summed E-state index contributed by atoms with van der Waals surface area (Å²) in [5.41, 5.74) is 4.74. The number of ketones is 1. The van der Waals surface area contributed by atoms with E-state index in [1.807, 2.05) is 74.7 Å². The lowest BCUT2D eigenvalue weighted by Gasteiger charge is -2.14. The molecule has 0 saturated heterocycles. The predicted molar refractivity (Wildman–Crippen MR) is 119 cm³/mol. The lowest BCUT2D eigenvalue weighted by Crippen LogP contribution is -2.10. The van der Waals surface area contributed by atoms with Gasteiger partial charge in [-0.3, -0.25) is 4.79 Å². The number of benzene rings is 2. The molecule has 0 aliphatic carbocycles. The third-order valence-electron chi connectivity index (χ3n) is 4.62. The van der Waals surface area contributed by atoms with Gasteiger partial charge in [-0.05, 0) is 38.1 Å². The van der Waals surface area contributed by atoms with E-state index < -0.39 is 5.25 Å². The molecule has 30 heavy (non-hydrogen) atoms. The number of carbonyl (C=O) groups excluding carboxylic acids is 1. The van der Waals surface area contributed by atoms with E-state index in [4.69, 9.17) is 4.42 Å². The topological polar surface area (TPSA) is 68.9 Å². The lowest BCUT2D eigenvalue weighted by atomic mass is 10.0. The van der Waals surface area contributed by atoms with Crippen LogP contribution in [0, 0.1) is 20.8 Å². The quantitative estimate of drug-likeness (QED) is 0.272. The van der Waals surface area contributed by atoms with E-state index in [9.17, 15) is 4.79 Å². The second-order valence-corrected chi connectivity index (χ2v) is 9.25. The third-order valence-corrected chi connectivity index (χ3v) is 6.53. The van der Waals surface area contributed by atoms with Gasteiger partial charge in [-0.15, -0.1) is 21.5 Å². The van der Waals surface area contributed by atoms with Crippen LogP contribution in [0.15, 0.2) is 63.6 Å². The van der Waals surface area contributed by atoms with Crippen LogP contribution in [0.2, 0.25) is 0 Å². The van der Waals surface area contributed by atoms with Crippen molar-refractivity contribution in [2.45, 2.75) is 37.7 Å². The van der Waals surface area contributed by atoms with Crippen molar-refractivity contribution in [3.63, 3.8) is 0 Å². The van der Waals surface area contributed by atoms with Gasteiger partial charge in [0.15, 0.2) is 5.78 Å². The summed E-state index contributed by atoms with van der Waals surface area (Å²) in [5.74, 6) is 0.506. The zero-order chi connectivity index (χ0) is 21.1. The minimum Gasteiger partial charge on any atom is -0.416 e. The number of carbonyl (C=O) groups is 1. The number of hydrogen-bond acceptors (Lipinski definition) is 7. The Labute approximate surface area is 183 Å². The molecule has 0 spiro atoms. The largest absolute Gasteiger partial charge is 0.416 e. The highest BCUT2D eigenvalue weighted by molar-refractivity contribution is 8.00. The maximum atomic E-state index is 13.3. The smallest absolute Gasteiger partial charge is 0.277 e. The molecule has 0 N–H and O–H groups in total. The van der Waals surface area contributed by atoms with Crippen molar-refractivity contribution >= 4 is 28.9 Å². The number of aryl methyl sites for hydroxylation is 3. The van der Waals surface area contributed by atoms with Gasteiger partial charge in [0.05, 0.1) is 17.1 Å². The van der Waals surface area contributed by atoms with E-state index in [0.717, 1.165) is 27.4 Å². The second kappa shape index (κ2) is 8.93. The highest BCUT2D eigenvalue weighted by Crippen LogP contribution is 2.37. The molecular formula is C23H21N3O2S2. The molecule has 0 saturated carbocycles. The van der Waals surface area contributed by atoms with Gasteiger partial charge in [0, 0.05) is 10.9 Å². The van der Waals surface area contributed by atoms with Crippen molar-refractivity contribution in [3.05, 3.63) is 92.8 Å². The number of rotatable bonds is 7. The lowest BCUT2D eigenvalue weighted by molar-refractivity contribution is 0.0989. The van der Waals surface area contributed by atoms with Crippen molar-refractivity contribution in [3.8, 4) is 0 Å². The van der Waals surface area contributed by atoms with Gasteiger partial charge in [0.25, 0.3) is 5.22 Å². The molecule has 2 aromatic heterocycles. The van der Waals surface area contributed by atoms with Crippen molar-refractivity contribution in [2.75, 3.05) is 0 Å². The van der Waals surface area contributed by atoms with Gasteiger partial charge in [-0.2, -0.15) is 0 Å². The SMILES string of the molecule is Cc1ccc(C(=O)[C@@H](Sc2nnc(Cc3csc(C)n3)o2)c2ccc(C)cc2)cc1. The van der Waals surface area contributed by atoms with Crippen molar-refractivity contribution in [1.29, 1.82) is 0 Å². The van der Waals surface area contributed by atoms with Gasteiger partial charge in [-0.1, -0.05) is 59.7 Å². The Hall–Kier alpha value is -2.77. The number of nitrogens with zero attached hydrogens (tertiary/aromatic N) is 3. The Kier molecular flexibility index (Phi) is 6.11. The van der Waals surface area contributed by atoms with Gasteiger partial charge in [0.1, 0.15) is 5.25 Å². The van der Waals surface area contributed by atoms with Gasteiger partial charge in [0.2, 0.25) is 5.89 Å². The molecule has 0 fully saturated rings. The first-order valence-electron chi connectivity index (χ1n) is 9.55. The average molecular weight is 436 g/mol. The Morgan fingerprint density at radius 2 is 1.67 bits per heavy atom. The summed E-state index contributed by atoms with van der Waals surface area (Å²) in [7, 11) is 0. The van der Waals surface area contributed by atoms with E-state index in [2.05, 4.69) is 15.2 Å². The number of thiazole rings is 1. The van der Waals surface area contributed by atoms with E-state index in [-0.39, 0.29) is 5.78 Å². The van der Waals surface area contributed by atoms with Crippen LogP contribution in [0.3, 0.4) is 0 Å². The summed E-state index contributed by atoms with van der Waals surface area (Å²) in [5, 5.41) is 11.2. The molecule has 152 valence electrons. The summed E-state index contributed by atoms with van der Waals surface area (Å²) in [6.45, 7) is 5.99. The fourth-order valence-corrected chi connectivity index (χ4v) is 4.57. The number of hydrogen-bond donors (Lipinski definition) is 0. The normalized spacial score (nSPS) is 12.1. The maximum absolute atomic E-state index is 13.3. The molecule has 0 amide bonds. The molecule has 0 aliphatic rings. The van der Waals surface area contributed by atoms with Crippen molar-refractivity contribution < 1.29 is 9.21 Å². The Morgan fingerprint density at radius 1 is 1.00 bits per heavy atom. The summed E-state index contributed by atoms with van der Waals surface area (Å²) >= 11 is 2.87. The molecule has 4 aromatic rings. The summed E-state index contributed by atoms with van der Waals surface area (Å²) in [6.07, 6.45) is 0.485. The average Bonchev–Trinajstić information content (AvgIpc) is 3.36. The van der Waals surface area contributed by atoms with Crippen LogP contribution < -0.4 is 0 Å². The number of Topliss-reactive ketones (excluding diaryl/α,β-unsaturated/α-hetero) is 1. The van der Waals surface area contributed by atoms with E-state index >= 15 is 0 Å². The number of thioether (sulfide) groups is 1. The molecule has 0 radical (unpaired) electrons. The first kappa shape index (κ1) is 20.5. The van der Waals surface area contributed by atoms with Crippen molar-refractivity contribution in [1.82, 2.24) is 15.2 Å². The second-order valence-electron chi connectivity index (χ2n) is 7.14. The van der Waals surface area contributed by atoms with Crippen LogP contribution in [0.5, 0.6) is 0 Å². The molecular weight excluding hydrogens is 414 g/mol. The number of aromatic nitrogens is 3. The van der Waals surface area contributed by atoms with Gasteiger partial charge < -0.3 is 4.42 Å². The van der Waals surface area contributed by atoms with Crippen LogP contribution in [0.4, 0.5) is 0 Å². The Morgan fingerprint density at radius 3 is 2.30 bits per heavy atom. The highest BCUT2D eigenvalue weighted by atomic mass is 32.2. The third kappa shape index (κ3) is 4.86. The Bertz CT molecular complexity index is 1150. The van der Waals surface area contributed by atoms with Gasteiger partial charge >= 0.3 is 0 Å². The Balaban J connectivity index is 1.59. The molecule has 1 atom stereocenters. The van der Waals surface area contributed by atoms with Crippen LogP contribution in [0.25, 0.3) is 0 Å². The molecule has 2 heterocycles. The fourth-order valence-electron chi connectivity index (χ4n) is 2.99. The fraction of sp³-hybridized carbons (Fsp3) is 0.217. The van der Waals surface area contributed by atoms with Gasteiger partial charge in [-0.25, -0.2) is 4.98 Å². The van der Waals surface area contributed by atoms with Crippen LogP contribution in [-0.4, -0.2) is 21.0 Å². The van der Waals surface area contributed by atoms with Crippen LogP contribution in [0.1, 0.15) is 48.9 Å². The predicted octanol–water partition coefficient (Wildman–Crippen LogP) is 5.76. The van der Waals surface area contributed by atoms with Crippen LogP contribution >= 0.6 is 23.1 Å². The highest BCUT2D eigenvalue weighted by Gasteiger charge is 2.26. The molecule has 2 aromatic carbocycles. The molecule has 0 bridgehead atoms. The summed E-state index contributed by atoms with van der Waals surface area (Å²) in [6, 6.07) is 15.6. The maximum Gasteiger partial charge on any atom is 0.277 e. The molecule has 5 nitrogen and oxygen atoms in total. The summed E-state index contributed by atoms with van der Waals surface area (Å²) in [4.78, 5) is 17.8. The van der Waals surface area contributed by atoms with E-state index in [0.29, 0.717) is 23.1 Å². The standard InChI is InChI=1S/C23H21N3O2S2/c1-14-4-8-17(9-5-14)21(27)22(18-10-6-15(2)7-11-18)30-23-26-25-20(28-23)12-19-13-29-16(3)24-19/h4-11,13,22H,12H2,1-3H3/t22-/m0/s1. The zero-order valence-corrected chi connectivity index (χ0v) is 18.6. The molecule has 0 unspecified atom stereocenters. The van der Waals surface area contributed by atoms with E-state index in [1.165, 1.54) is 11.8 Å². The first-order valence-corrected chi connectivity index (χ1v) is 11.3. The van der Waals surface area contributed by atoms with E-state index in [1.54, 1.807) is 11.3 Å². The first-order chi connectivity index (χ1) is 14.5. The molecule has 7 heteroatoms. The zero-order valence-electron chi connectivity index (χ0n) is 17.0. The minimum absolute atomic E-state index is 0.0127. The molecule has 4 rings (SSSR count). The van der Waals surface area contributed by atoms with Crippen LogP contribution in [-0.2, 0) is 6.42 Å². The minimum atomic E-state index is -0.469.